The van der Waals surface area contributed by atoms with Crippen LogP contribution in [0.2, 0.25) is 0 Å². The molecular formula is C52H34N4. The molecule has 4 nitrogen and oxygen atoms in total. The molecule has 0 aliphatic rings. The lowest BCUT2D eigenvalue weighted by Crippen LogP contribution is -2.02. The van der Waals surface area contributed by atoms with Crippen LogP contribution in [0.1, 0.15) is 0 Å². The van der Waals surface area contributed by atoms with E-state index in [1.807, 2.05) is 24.3 Å². The molecule has 0 spiro atoms. The highest BCUT2D eigenvalue weighted by Crippen LogP contribution is 2.39. The number of rotatable bonds is 6. The monoisotopic (exact) mass is 714 g/mol. The SMILES string of the molecule is c1ccc(-c2ccc(-c3cc(-n4c5ccccc5c5cc(-c6ccc7c(c6)c6ccccc6n7-c6ccccc6)ccc54)nc(-c4ccccc4)n3)cc2)cc1. The van der Waals surface area contributed by atoms with E-state index >= 15 is 0 Å². The summed E-state index contributed by atoms with van der Waals surface area (Å²) in [4.78, 5) is 10.4. The maximum absolute atomic E-state index is 5.26. The van der Waals surface area contributed by atoms with E-state index in [1.54, 1.807) is 0 Å². The van der Waals surface area contributed by atoms with Crippen molar-refractivity contribution in [1.29, 1.82) is 0 Å². The fourth-order valence-electron chi connectivity index (χ4n) is 8.28. The number of benzene rings is 8. The van der Waals surface area contributed by atoms with Gasteiger partial charge < -0.3 is 4.57 Å². The van der Waals surface area contributed by atoms with E-state index in [4.69, 9.17) is 9.97 Å². The van der Waals surface area contributed by atoms with Gasteiger partial charge in [0.25, 0.3) is 0 Å². The van der Waals surface area contributed by atoms with Crippen molar-refractivity contribution < 1.29 is 0 Å². The van der Waals surface area contributed by atoms with Gasteiger partial charge in [-0.1, -0.05) is 152 Å². The van der Waals surface area contributed by atoms with Crippen molar-refractivity contribution in [2.24, 2.45) is 0 Å². The first-order chi connectivity index (χ1) is 27.8. The third kappa shape index (κ3) is 5.31. The molecule has 11 rings (SSSR count). The Kier molecular flexibility index (Phi) is 7.46. The Morgan fingerprint density at radius 3 is 1.36 bits per heavy atom. The average molecular weight is 715 g/mol. The Balaban J connectivity index is 1.07. The Bertz CT molecular complexity index is 3220. The van der Waals surface area contributed by atoms with Gasteiger partial charge in [-0.05, 0) is 70.8 Å². The van der Waals surface area contributed by atoms with Crippen LogP contribution in [0.3, 0.4) is 0 Å². The van der Waals surface area contributed by atoms with E-state index in [-0.39, 0.29) is 0 Å². The summed E-state index contributed by atoms with van der Waals surface area (Å²) in [7, 11) is 0. The Hall–Kier alpha value is -7.56. The highest BCUT2D eigenvalue weighted by Gasteiger charge is 2.18. The zero-order valence-electron chi connectivity index (χ0n) is 30.4. The topological polar surface area (TPSA) is 35.6 Å². The van der Waals surface area contributed by atoms with E-state index in [1.165, 1.54) is 54.8 Å². The molecule has 0 bridgehead atoms. The first-order valence-electron chi connectivity index (χ1n) is 19.0. The average Bonchev–Trinajstić information content (AvgIpc) is 3.79. The van der Waals surface area contributed by atoms with Crippen LogP contribution >= 0.6 is 0 Å². The maximum atomic E-state index is 5.26. The molecule has 0 amide bonds. The maximum Gasteiger partial charge on any atom is 0.162 e. The number of hydrogen-bond acceptors (Lipinski definition) is 2. The second-order valence-electron chi connectivity index (χ2n) is 14.2. The van der Waals surface area contributed by atoms with Gasteiger partial charge in [0.1, 0.15) is 5.82 Å². The molecule has 0 saturated carbocycles. The van der Waals surface area contributed by atoms with Gasteiger partial charge in [-0.3, -0.25) is 4.57 Å². The fourth-order valence-corrected chi connectivity index (χ4v) is 8.28. The van der Waals surface area contributed by atoms with Gasteiger partial charge >= 0.3 is 0 Å². The van der Waals surface area contributed by atoms with Gasteiger partial charge in [-0.25, -0.2) is 9.97 Å². The molecule has 3 aromatic heterocycles. The van der Waals surface area contributed by atoms with Crippen LogP contribution in [0.5, 0.6) is 0 Å². The van der Waals surface area contributed by atoms with Crippen molar-refractivity contribution in [1.82, 2.24) is 19.1 Å². The first-order valence-corrected chi connectivity index (χ1v) is 19.0. The number of hydrogen-bond donors (Lipinski definition) is 0. The van der Waals surface area contributed by atoms with Gasteiger partial charge in [0.05, 0.1) is 27.8 Å². The molecule has 0 radical (unpaired) electrons. The normalized spacial score (nSPS) is 11.6. The minimum Gasteiger partial charge on any atom is -0.309 e. The lowest BCUT2D eigenvalue weighted by Gasteiger charge is -2.13. The van der Waals surface area contributed by atoms with Crippen molar-refractivity contribution in [3.63, 3.8) is 0 Å². The molecule has 0 N–H and O–H groups in total. The molecule has 0 fully saturated rings. The van der Waals surface area contributed by atoms with Gasteiger partial charge in [0.2, 0.25) is 0 Å². The molecular weight excluding hydrogens is 681 g/mol. The van der Waals surface area contributed by atoms with Crippen LogP contribution < -0.4 is 0 Å². The molecule has 56 heavy (non-hydrogen) atoms. The van der Waals surface area contributed by atoms with Crippen LogP contribution in [0.4, 0.5) is 0 Å². The highest BCUT2D eigenvalue weighted by molar-refractivity contribution is 6.12. The second kappa shape index (κ2) is 13.1. The predicted octanol–water partition coefficient (Wildman–Crippen LogP) is 13.3. The van der Waals surface area contributed by atoms with Crippen LogP contribution in [0, 0.1) is 0 Å². The summed E-state index contributed by atoms with van der Waals surface area (Å²) >= 11 is 0. The molecule has 0 unspecified atom stereocenters. The second-order valence-corrected chi connectivity index (χ2v) is 14.2. The van der Waals surface area contributed by atoms with Crippen LogP contribution in [0.25, 0.3) is 100 Å². The first kappa shape index (κ1) is 31.9. The quantitative estimate of drug-likeness (QED) is 0.172. The molecule has 11 aromatic rings. The van der Waals surface area contributed by atoms with Crippen LogP contribution in [-0.4, -0.2) is 19.1 Å². The molecule has 8 aromatic carbocycles. The summed E-state index contributed by atoms with van der Waals surface area (Å²) < 4.78 is 4.66. The minimum absolute atomic E-state index is 0.691. The van der Waals surface area contributed by atoms with Gasteiger partial charge in [0.15, 0.2) is 5.82 Å². The summed E-state index contributed by atoms with van der Waals surface area (Å²) in [5.41, 5.74) is 13.4. The van der Waals surface area contributed by atoms with Gasteiger partial charge in [0, 0.05) is 44.4 Å². The third-order valence-corrected chi connectivity index (χ3v) is 11.0. The molecule has 3 heterocycles. The number of aromatic nitrogens is 4. The van der Waals surface area contributed by atoms with Gasteiger partial charge in [-0.2, -0.15) is 0 Å². The minimum atomic E-state index is 0.691. The molecule has 0 atom stereocenters. The smallest absolute Gasteiger partial charge is 0.162 e. The number of nitrogens with zero attached hydrogens (tertiary/aromatic N) is 4. The molecule has 0 saturated heterocycles. The van der Waals surface area contributed by atoms with Crippen molar-refractivity contribution in [2.75, 3.05) is 0 Å². The van der Waals surface area contributed by atoms with Gasteiger partial charge in [-0.15, -0.1) is 0 Å². The highest BCUT2D eigenvalue weighted by atomic mass is 15.1. The summed E-state index contributed by atoms with van der Waals surface area (Å²) in [6, 6.07) is 73.2. The zero-order valence-corrected chi connectivity index (χ0v) is 30.4. The zero-order chi connectivity index (χ0) is 37.0. The molecule has 0 aliphatic carbocycles. The van der Waals surface area contributed by atoms with E-state index < -0.39 is 0 Å². The Labute approximate surface area is 324 Å². The summed E-state index contributed by atoms with van der Waals surface area (Å²) in [5, 5.41) is 4.84. The Morgan fingerprint density at radius 2 is 0.732 bits per heavy atom. The number of para-hydroxylation sites is 3. The van der Waals surface area contributed by atoms with Crippen LogP contribution in [0.15, 0.2) is 206 Å². The van der Waals surface area contributed by atoms with Crippen molar-refractivity contribution >= 4 is 43.6 Å². The lowest BCUT2D eigenvalue weighted by atomic mass is 10.0. The molecule has 262 valence electrons. The molecule has 4 heteroatoms. The van der Waals surface area contributed by atoms with E-state index in [9.17, 15) is 0 Å². The van der Waals surface area contributed by atoms with E-state index in [0.29, 0.717) is 5.82 Å². The Morgan fingerprint density at radius 1 is 0.286 bits per heavy atom. The lowest BCUT2D eigenvalue weighted by molar-refractivity contribution is 1.05. The third-order valence-electron chi connectivity index (χ3n) is 11.0. The van der Waals surface area contributed by atoms with Crippen LogP contribution in [-0.2, 0) is 0 Å². The van der Waals surface area contributed by atoms with Crippen molar-refractivity contribution in [2.45, 2.75) is 0 Å². The standard InChI is InChI=1S/C52H34N4/c1-4-14-35(15-5-1)36-24-26-37(27-25-36)46-34-51(54-52(53-46)38-16-6-2-7-17-38)56-48-23-13-11-21-43(48)45-33-40(29-31-50(45)56)39-28-30-49-44(32-39)42-20-10-12-22-47(42)55(49)41-18-8-3-9-19-41/h1-34H. The summed E-state index contributed by atoms with van der Waals surface area (Å²) in [6.07, 6.45) is 0. The largest absolute Gasteiger partial charge is 0.309 e. The summed E-state index contributed by atoms with van der Waals surface area (Å²) in [5.74, 6) is 1.52. The number of fused-ring (bicyclic) bond motifs is 6. The predicted molar refractivity (Wildman–Crippen MR) is 232 cm³/mol. The van der Waals surface area contributed by atoms with Crippen molar-refractivity contribution in [3.05, 3.63) is 206 Å². The van der Waals surface area contributed by atoms with Crippen molar-refractivity contribution in [3.8, 4) is 56.4 Å². The summed E-state index contributed by atoms with van der Waals surface area (Å²) in [6.45, 7) is 0. The molecule has 0 aliphatic heterocycles. The fraction of sp³-hybridized carbons (Fsp3) is 0. The van der Waals surface area contributed by atoms with E-state index in [0.717, 1.165) is 39.4 Å². The van der Waals surface area contributed by atoms with E-state index in [2.05, 4.69) is 191 Å².